The van der Waals surface area contributed by atoms with E-state index in [2.05, 4.69) is 0 Å². The smallest absolute Gasteiger partial charge is 0.176 e. The molecule has 2 unspecified atom stereocenters. The predicted octanol–water partition coefficient (Wildman–Crippen LogP) is -0.222. The Balaban J connectivity index is 1.98. The highest BCUT2D eigenvalue weighted by atomic mass is 16.3. The van der Waals surface area contributed by atoms with Crippen molar-refractivity contribution in [3.05, 3.63) is 35.4 Å². The minimum atomic E-state index is -0.779. The molecule has 0 saturated carbocycles. The molecule has 2 rings (SSSR count). The number of nitrogens with zero attached hydrogens (tertiary/aromatic N) is 2. The number of aliphatic hydroxyl groups excluding tert-OH is 2. The third-order valence-corrected chi connectivity index (χ3v) is 3.04. The zero-order valence-electron chi connectivity index (χ0n) is 9.78. The van der Waals surface area contributed by atoms with Gasteiger partial charge in [0.15, 0.2) is 5.78 Å². The number of rotatable bonds is 3. The van der Waals surface area contributed by atoms with Gasteiger partial charge in [-0.2, -0.15) is 5.26 Å². The molecule has 0 radical (unpaired) electrons. The maximum Gasteiger partial charge on any atom is 0.176 e. The van der Waals surface area contributed by atoms with E-state index in [9.17, 15) is 15.0 Å². The van der Waals surface area contributed by atoms with Crippen molar-refractivity contribution in [1.29, 1.82) is 5.26 Å². The van der Waals surface area contributed by atoms with E-state index in [4.69, 9.17) is 5.26 Å². The van der Waals surface area contributed by atoms with Gasteiger partial charge in [-0.25, -0.2) is 0 Å². The first-order valence-electron chi connectivity index (χ1n) is 5.72. The van der Waals surface area contributed by atoms with Crippen LogP contribution in [0.1, 0.15) is 15.9 Å². The number of ketones is 1. The molecule has 1 aromatic carbocycles. The van der Waals surface area contributed by atoms with Gasteiger partial charge in [0, 0.05) is 18.7 Å². The van der Waals surface area contributed by atoms with Gasteiger partial charge in [-0.05, 0) is 12.1 Å². The van der Waals surface area contributed by atoms with E-state index in [1.54, 1.807) is 29.2 Å². The molecule has 94 valence electrons. The highest BCUT2D eigenvalue weighted by Gasteiger charge is 2.30. The van der Waals surface area contributed by atoms with Crippen molar-refractivity contribution in [2.45, 2.75) is 12.2 Å². The van der Waals surface area contributed by atoms with Crippen molar-refractivity contribution >= 4 is 5.78 Å². The van der Waals surface area contributed by atoms with Crippen LogP contribution in [0.4, 0.5) is 0 Å². The summed E-state index contributed by atoms with van der Waals surface area (Å²) in [6, 6.07) is 8.42. The minimum absolute atomic E-state index is 0.0826. The molecular formula is C13H14N2O3. The summed E-state index contributed by atoms with van der Waals surface area (Å²) < 4.78 is 0. The number of benzene rings is 1. The quantitative estimate of drug-likeness (QED) is 0.720. The Morgan fingerprint density at radius 3 is 2.33 bits per heavy atom. The van der Waals surface area contributed by atoms with E-state index in [-0.39, 0.29) is 12.3 Å². The molecule has 5 nitrogen and oxygen atoms in total. The monoisotopic (exact) mass is 246 g/mol. The summed E-state index contributed by atoms with van der Waals surface area (Å²) in [6.45, 7) is 0.784. The summed E-state index contributed by atoms with van der Waals surface area (Å²) in [5, 5.41) is 27.4. The normalized spacial score (nSPS) is 23.8. The predicted molar refractivity (Wildman–Crippen MR) is 63.9 cm³/mol. The topological polar surface area (TPSA) is 84.6 Å². The summed E-state index contributed by atoms with van der Waals surface area (Å²) in [5.41, 5.74) is 1.04. The van der Waals surface area contributed by atoms with Gasteiger partial charge >= 0.3 is 0 Å². The number of hydrogen-bond acceptors (Lipinski definition) is 5. The third-order valence-electron chi connectivity index (χ3n) is 3.04. The van der Waals surface area contributed by atoms with Crippen LogP contribution in [0.2, 0.25) is 0 Å². The van der Waals surface area contributed by atoms with Crippen LogP contribution in [0.5, 0.6) is 0 Å². The number of β-amino-alcohol motifs (C(OH)–C–C–N with tert-alkyl or cyclic N) is 2. The van der Waals surface area contributed by atoms with E-state index in [0.717, 1.165) is 0 Å². The summed E-state index contributed by atoms with van der Waals surface area (Å²) >= 11 is 0. The molecule has 0 aromatic heterocycles. The number of aliphatic hydroxyl groups is 2. The molecular weight excluding hydrogens is 232 g/mol. The molecule has 2 N–H and O–H groups in total. The molecule has 0 aliphatic carbocycles. The van der Waals surface area contributed by atoms with Crippen LogP contribution in [0.3, 0.4) is 0 Å². The lowest BCUT2D eigenvalue weighted by Gasteiger charge is -2.13. The van der Waals surface area contributed by atoms with Gasteiger partial charge in [0.25, 0.3) is 0 Å². The van der Waals surface area contributed by atoms with E-state index in [1.807, 2.05) is 6.07 Å². The van der Waals surface area contributed by atoms with Crippen LogP contribution in [-0.2, 0) is 0 Å². The lowest BCUT2D eigenvalue weighted by atomic mass is 10.1. The summed E-state index contributed by atoms with van der Waals surface area (Å²) in [7, 11) is 0. The van der Waals surface area contributed by atoms with Crippen molar-refractivity contribution in [2.75, 3.05) is 19.6 Å². The van der Waals surface area contributed by atoms with Gasteiger partial charge < -0.3 is 10.2 Å². The van der Waals surface area contributed by atoms with Crippen LogP contribution in [-0.4, -0.2) is 52.7 Å². The van der Waals surface area contributed by atoms with Gasteiger partial charge in [-0.1, -0.05) is 12.1 Å². The van der Waals surface area contributed by atoms with Gasteiger partial charge in [0.05, 0.1) is 30.4 Å². The summed E-state index contributed by atoms with van der Waals surface area (Å²) in [6.07, 6.45) is -1.56. The molecule has 1 aromatic rings. The first-order valence-corrected chi connectivity index (χ1v) is 5.72. The molecule has 0 amide bonds. The minimum Gasteiger partial charge on any atom is -0.389 e. The van der Waals surface area contributed by atoms with E-state index < -0.39 is 12.2 Å². The average Bonchev–Trinajstić information content (AvgIpc) is 2.68. The highest BCUT2D eigenvalue weighted by Crippen LogP contribution is 2.11. The lowest BCUT2D eigenvalue weighted by molar-refractivity contribution is 0.0572. The fourth-order valence-corrected chi connectivity index (χ4v) is 2.00. The van der Waals surface area contributed by atoms with Crippen LogP contribution >= 0.6 is 0 Å². The molecule has 1 saturated heterocycles. The molecule has 0 bridgehead atoms. The Bertz CT molecular complexity index is 468. The van der Waals surface area contributed by atoms with Crippen LogP contribution in [0.15, 0.2) is 24.3 Å². The molecule has 5 heteroatoms. The SMILES string of the molecule is N#Cc1ccc(C(=O)CN2CC(O)C(O)C2)cc1. The Hall–Kier alpha value is -1.74. The number of likely N-dealkylation sites (tertiary alicyclic amines) is 1. The number of hydrogen-bond donors (Lipinski definition) is 2. The summed E-state index contributed by atoms with van der Waals surface area (Å²) in [5.74, 6) is -0.0826. The Morgan fingerprint density at radius 1 is 1.28 bits per heavy atom. The number of nitriles is 1. The third kappa shape index (κ3) is 2.74. The molecule has 2 atom stereocenters. The maximum absolute atomic E-state index is 11.9. The van der Waals surface area contributed by atoms with Crippen LogP contribution in [0, 0.1) is 11.3 Å². The largest absolute Gasteiger partial charge is 0.389 e. The molecule has 0 spiro atoms. The van der Waals surface area contributed by atoms with Crippen molar-refractivity contribution in [3.63, 3.8) is 0 Å². The van der Waals surface area contributed by atoms with E-state index >= 15 is 0 Å². The second-order valence-electron chi connectivity index (χ2n) is 4.44. The number of carbonyl (C=O) groups is 1. The Morgan fingerprint density at radius 2 is 1.83 bits per heavy atom. The van der Waals surface area contributed by atoms with Gasteiger partial charge in [-0.3, -0.25) is 9.69 Å². The van der Waals surface area contributed by atoms with Gasteiger partial charge in [0.2, 0.25) is 0 Å². The molecule has 1 fully saturated rings. The zero-order valence-corrected chi connectivity index (χ0v) is 9.78. The van der Waals surface area contributed by atoms with Crippen molar-refractivity contribution in [1.82, 2.24) is 4.90 Å². The molecule has 1 heterocycles. The standard InChI is InChI=1S/C13H14N2O3/c14-5-9-1-3-10(4-2-9)11(16)6-15-7-12(17)13(18)8-15/h1-4,12-13,17-18H,6-8H2. The maximum atomic E-state index is 11.9. The average molecular weight is 246 g/mol. The number of carbonyl (C=O) groups excluding carboxylic acids is 1. The summed E-state index contributed by atoms with van der Waals surface area (Å²) in [4.78, 5) is 13.6. The zero-order chi connectivity index (χ0) is 13.1. The molecule has 1 aliphatic heterocycles. The van der Waals surface area contributed by atoms with Crippen molar-refractivity contribution in [3.8, 4) is 6.07 Å². The van der Waals surface area contributed by atoms with E-state index in [0.29, 0.717) is 24.2 Å². The highest BCUT2D eigenvalue weighted by molar-refractivity contribution is 5.97. The van der Waals surface area contributed by atoms with Crippen molar-refractivity contribution < 1.29 is 15.0 Å². The van der Waals surface area contributed by atoms with E-state index in [1.165, 1.54) is 0 Å². The molecule has 18 heavy (non-hydrogen) atoms. The number of Topliss-reactive ketones (excluding diaryl/α,β-unsaturated/α-hetero) is 1. The fourth-order valence-electron chi connectivity index (χ4n) is 2.00. The van der Waals surface area contributed by atoms with Gasteiger partial charge in [0.1, 0.15) is 0 Å². The lowest BCUT2D eigenvalue weighted by Crippen LogP contribution is -2.28. The first kappa shape index (κ1) is 12.7. The second kappa shape index (κ2) is 5.27. The first-order chi connectivity index (χ1) is 8.60. The van der Waals surface area contributed by atoms with Gasteiger partial charge in [-0.15, -0.1) is 0 Å². The second-order valence-corrected chi connectivity index (χ2v) is 4.44. The molecule has 1 aliphatic rings. The van der Waals surface area contributed by atoms with Crippen molar-refractivity contribution in [2.24, 2.45) is 0 Å². The van der Waals surface area contributed by atoms with Crippen LogP contribution in [0.25, 0.3) is 0 Å². The van der Waals surface area contributed by atoms with Crippen LogP contribution < -0.4 is 0 Å². The Kier molecular flexibility index (Phi) is 3.72. The fraction of sp³-hybridized carbons (Fsp3) is 0.385. The Labute approximate surface area is 105 Å².